The van der Waals surface area contributed by atoms with Gasteiger partial charge in [0.25, 0.3) is 0 Å². The van der Waals surface area contributed by atoms with Crippen molar-refractivity contribution in [3.05, 3.63) is 47.8 Å². The van der Waals surface area contributed by atoms with Gasteiger partial charge in [-0.3, -0.25) is 0 Å². The van der Waals surface area contributed by atoms with Crippen LogP contribution in [0.3, 0.4) is 0 Å². The second kappa shape index (κ2) is 6.34. The van der Waals surface area contributed by atoms with Crippen LogP contribution in [0.2, 0.25) is 0 Å². The Morgan fingerprint density at radius 3 is 2.50 bits per heavy atom. The predicted octanol–water partition coefficient (Wildman–Crippen LogP) is 2.49. The topological polar surface area (TPSA) is 67.1 Å². The number of hydrazine groups is 1. The van der Waals surface area contributed by atoms with Crippen molar-refractivity contribution in [2.24, 2.45) is 5.84 Å². The summed E-state index contributed by atoms with van der Waals surface area (Å²) in [5.74, 6) is 7.67. The van der Waals surface area contributed by atoms with Gasteiger partial charge in [0.15, 0.2) is 0 Å². The van der Waals surface area contributed by atoms with Crippen LogP contribution in [0.25, 0.3) is 0 Å². The maximum atomic E-state index is 5.46. The Kier molecular flexibility index (Phi) is 4.53. The van der Waals surface area contributed by atoms with Crippen LogP contribution in [-0.4, -0.2) is 16.0 Å². The third-order valence-electron chi connectivity index (χ3n) is 3.09. The number of aryl methyl sites for hydroxylation is 1. The highest BCUT2D eigenvalue weighted by Crippen LogP contribution is 2.20. The zero-order valence-corrected chi connectivity index (χ0v) is 12.2. The van der Waals surface area contributed by atoms with Crippen molar-refractivity contribution < 1.29 is 0 Å². The molecular formula is C15H21N5. The van der Waals surface area contributed by atoms with Crippen molar-refractivity contribution in [3.8, 4) is 0 Å². The van der Waals surface area contributed by atoms with Crippen LogP contribution in [-0.2, 0) is 6.54 Å². The molecule has 5 heteroatoms. The number of nitrogens with two attached hydrogens (primary N) is 1. The zero-order valence-electron chi connectivity index (χ0n) is 12.2. The lowest BCUT2D eigenvalue weighted by atomic mass is 10.2. The van der Waals surface area contributed by atoms with Gasteiger partial charge in [-0.15, -0.1) is 0 Å². The standard InChI is InChI=1S/C15H21N5/c1-11(2)20(10-13-7-5-4-6-8-13)15-9-14(19-16)17-12(3)18-15/h4-9,11H,10,16H2,1-3H3,(H,17,18,19). The molecular weight excluding hydrogens is 250 g/mol. The van der Waals surface area contributed by atoms with Gasteiger partial charge in [-0.05, 0) is 26.3 Å². The number of nitrogens with zero attached hydrogens (tertiary/aromatic N) is 3. The molecule has 0 bridgehead atoms. The zero-order chi connectivity index (χ0) is 14.5. The van der Waals surface area contributed by atoms with Crippen molar-refractivity contribution in [2.75, 3.05) is 10.3 Å². The summed E-state index contributed by atoms with van der Waals surface area (Å²) in [4.78, 5) is 11.0. The quantitative estimate of drug-likeness (QED) is 0.646. The van der Waals surface area contributed by atoms with E-state index >= 15 is 0 Å². The molecule has 0 aliphatic carbocycles. The summed E-state index contributed by atoms with van der Waals surface area (Å²) in [6, 6.07) is 12.6. The van der Waals surface area contributed by atoms with E-state index in [2.05, 4.69) is 46.3 Å². The summed E-state index contributed by atoms with van der Waals surface area (Å²) in [5.41, 5.74) is 3.84. The molecule has 2 rings (SSSR count). The van der Waals surface area contributed by atoms with E-state index in [1.165, 1.54) is 5.56 Å². The average molecular weight is 271 g/mol. The number of nitrogens with one attached hydrogen (secondary N) is 1. The Morgan fingerprint density at radius 1 is 1.20 bits per heavy atom. The first-order valence-corrected chi connectivity index (χ1v) is 6.73. The molecule has 1 heterocycles. The molecule has 5 nitrogen and oxygen atoms in total. The summed E-state index contributed by atoms with van der Waals surface area (Å²) in [6.45, 7) is 6.97. The largest absolute Gasteiger partial charge is 0.350 e. The molecule has 0 radical (unpaired) electrons. The molecule has 1 aromatic heterocycles. The fraction of sp³-hybridized carbons (Fsp3) is 0.333. The van der Waals surface area contributed by atoms with Crippen LogP contribution < -0.4 is 16.2 Å². The number of hydrogen-bond donors (Lipinski definition) is 2. The van der Waals surface area contributed by atoms with Gasteiger partial charge in [0.2, 0.25) is 0 Å². The van der Waals surface area contributed by atoms with Crippen LogP contribution in [0.5, 0.6) is 0 Å². The minimum Gasteiger partial charge on any atom is -0.350 e. The Morgan fingerprint density at radius 2 is 1.90 bits per heavy atom. The first-order valence-electron chi connectivity index (χ1n) is 6.73. The fourth-order valence-electron chi connectivity index (χ4n) is 2.08. The molecule has 2 aromatic rings. The van der Waals surface area contributed by atoms with E-state index in [4.69, 9.17) is 5.84 Å². The first kappa shape index (κ1) is 14.3. The van der Waals surface area contributed by atoms with Crippen LogP contribution in [0.15, 0.2) is 36.4 Å². The summed E-state index contributed by atoms with van der Waals surface area (Å²) < 4.78 is 0. The summed E-state index contributed by atoms with van der Waals surface area (Å²) in [7, 11) is 0. The van der Waals surface area contributed by atoms with Gasteiger partial charge >= 0.3 is 0 Å². The van der Waals surface area contributed by atoms with Gasteiger partial charge in [-0.25, -0.2) is 15.8 Å². The van der Waals surface area contributed by atoms with E-state index in [-0.39, 0.29) is 0 Å². The number of anilines is 2. The van der Waals surface area contributed by atoms with Crippen molar-refractivity contribution in [1.29, 1.82) is 0 Å². The van der Waals surface area contributed by atoms with Gasteiger partial charge in [-0.2, -0.15) is 0 Å². The SMILES string of the molecule is Cc1nc(NN)cc(N(Cc2ccccc2)C(C)C)n1. The van der Waals surface area contributed by atoms with Gasteiger partial charge in [0, 0.05) is 18.7 Å². The molecule has 0 saturated carbocycles. The second-order valence-electron chi connectivity index (χ2n) is 5.01. The van der Waals surface area contributed by atoms with Crippen LogP contribution in [0.4, 0.5) is 11.6 Å². The maximum absolute atomic E-state index is 5.46. The van der Waals surface area contributed by atoms with Crippen molar-refractivity contribution >= 4 is 11.6 Å². The van der Waals surface area contributed by atoms with E-state index in [1.54, 1.807) is 0 Å². The molecule has 0 saturated heterocycles. The van der Waals surface area contributed by atoms with E-state index < -0.39 is 0 Å². The summed E-state index contributed by atoms with van der Waals surface area (Å²) in [6.07, 6.45) is 0. The van der Waals surface area contributed by atoms with Crippen LogP contribution >= 0.6 is 0 Å². The Labute approximate surface area is 119 Å². The molecule has 0 spiro atoms. The van der Waals surface area contributed by atoms with Crippen molar-refractivity contribution in [1.82, 2.24) is 9.97 Å². The molecule has 0 fully saturated rings. The van der Waals surface area contributed by atoms with Crippen molar-refractivity contribution in [2.45, 2.75) is 33.4 Å². The third-order valence-corrected chi connectivity index (χ3v) is 3.09. The molecule has 106 valence electrons. The van der Waals surface area contributed by atoms with Crippen molar-refractivity contribution in [3.63, 3.8) is 0 Å². The third kappa shape index (κ3) is 3.45. The van der Waals surface area contributed by atoms with Gasteiger partial charge in [0.1, 0.15) is 17.5 Å². The Balaban J connectivity index is 2.31. The highest BCUT2D eigenvalue weighted by molar-refractivity contribution is 5.49. The second-order valence-corrected chi connectivity index (χ2v) is 5.01. The number of benzene rings is 1. The van der Waals surface area contributed by atoms with Gasteiger partial charge in [-0.1, -0.05) is 30.3 Å². The normalized spacial score (nSPS) is 10.7. The number of rotatable bonds is 5. The summed E-state index contributed by atoms with van der Waals surface area (Å²) in [5, 5.41) is 0. The lowest BCUT2D eigenvalue weighted by molar-refractivity contribution is 0.669. The minimum atomic E-state index is 0.329. The van der Waals surface area contributed by atoms with E-state index in [9.17, 15) is 0 Å². The highest BCUT2D eigenvalue weighted by atomic mass is 15.3. The lowest BCUT2D eigenvalue weighted by Gasteiger charge is -2.28. The van der Waals surface area contributed by atoms with Gasteiger partial charge < -0.3 is 10.3 Å². The molecule has 0 amide bonds. The molecule has 0 atom stereocenters. The average Bonchev–Trinajstić information content (AvgIpc) is 2.44. The Hall–Kier alpha value is -2.14. The maximum Gasteiger partial charge on any atom is 0.145 e. The van der Waals surface area contributed by atoms with Gasteiger partial charge in [0.05, 0.1) is 0 Å². The Bertz CT molecular complexity index is 553. The molecule has 0 aliphatic heterocycles. The molecule has 1 aromatic carbocycles. The number of nitrogen functional groups attached to an aromatic ring is 1. The predicted molar refractivity (Wildman–Crippen MR) is 82.3 cm³/mol. The minimum absolute atomic E-state index is 0.329. The van der Waals surface area contributed by atoms with E-state index in [1.807, 2.05) is 31.2 Å². The van der Waals surface area contributed by atoms with E-state index in [0.717, 1.165) is 12.4 Å². The number of aromatic nitrogens is 2. The number of hydrogen-bond acceptors (Lipinski definition) is 5. The smallest absolute Gasteiger partial charge is 0.145 e. The monoisotopic (exact) mass is 271 g/mol. The molecule has 3 N–H and O–H groups in total. The van der Waals surface area contributed by atoms with Crippen LogP contribution in [0.1, 0.15) is 25.2 Å². The van der Waals surface area contributed by atoms with Crippen LogP contribution in [0, 0.1) is 6.92 Å². The molecule has 0 unspecified atom stereocenters. The highest BCUT2D eigenvalue weighted by Gasteiger charge is 2.14. The molecule has 20 heavy (non-hydrogen) atoms. The van der Waals surface area contributed by atoms with E-state index in [0.29, 0.717) is 17.7 Å². The first-order chi connectivity index (χ1) is 9.60. The fourth-order valence-corrected chi connectivity index (χ4v) is 2.08. The summed E-state index contributed by atoms with van der Waals surface area (Å²) >= 11 is 0. The lowest BCUT2D eigenvalue weighted by Crippen LogP contribution is -2.31. The molecule has 0 aliphatic rings.